The number of carbonyl (C=O) groups is 1. The highest BCUT2D eigenvalue weighted by Crippen LogP contribution is 2.35. The van der Waals surface area contributed by atoms with Crippen LogP contribution in [-0.4, -0.2) is 29.1 Å². The quantitative estimate of drug-likeness (QED) is 0.938. The van der Waals surface area contributed by atoms with Crippen LogP contribution in [0.5, 0.6) is 0 Å². The molecule has 3 nitrogen and oxygen atoms in total. The fraction of sp³-hybridized carbons (Fsp3) is 0.350. The van der Waals surface area contributed by atoms with E-state index in [4.69, 9.17) is 0 Å². The molecule has 0 spiro atoms. The Hall–Kier alpha value is -2.13. The second-order valence-electron chi connectivity index (χ2n) is 6.55. The molecule has 0 bridgehead atoms. The van der Waals surface area contributed by atoms with Crippen LogP contribution in [0.4, 0.5) is 0 Å². The van der Waals surface area contributed by atoms with Crippen LogP contribution in [0.25, 0.3) is 0 Å². The van der Waals surface area contributed by atoms with Gasteiger partial charge in [0.2, 0.25) is 0 Å². The van der Waals surface area contributed by atoms with Gasteiger partial charge >= 0.3 is 5.97 Å². The van der Waals surface area contributed by atoms with Gasteiger partial charge in [0.05, 0.1) is 0 Å². The van der Waals surface area contributed by atoms with Crippen molar-refractivity contribution in [2.24, 2.45) is 0 Å². The number of piperidine rings is 1. The summed E-state index contributed by atoms with van der Waals surface area (Å²) in [5.74, 6) is -0.709. The summed E-state index contributed by atoms with van der Waals surface area (Å²) in [6, 6.07) is 18.3. The van der Waals surface area contributed by atoms with Crippen LogP contribution in [0.1, 0.15) is 29.5 Å². The van der Waals surface area contributed by atoms with Crippen LogP contribution >= 0.6 is 0 Å². The molecule has 1 N–H and O–H groups in total. The van der Waals surface area contributed by atoms with Crippen molar-refractivity contribution in [2.75, 3.05) is 13.1 Å². The van der Waals surface area contributed by atoms with Gasteiger partial charge in [0.25, 0.3) is 0 Å². The first-order valence-corrected chi connectivity index (χ1v) is 8.17. The molecule has 3 heteroatoms. The predicted octanol–water partition coefficient (Wildman–Crippen LogP) is 3.61. The third-order valence-electron chi connectivity index (χ3n) is 4.83. The summed E-state index contributed by atoms with van der Waals surface area (Å²) in [5, 5.41) is 9.97. The van der Waals surface area contributed by atoms with Crippen molar-refractivity contribution in [3.05, 3.63) is 71.3 Å². The molecular formula is C20H23NO2. The monoisotopic (exact) mass is 309 g/mol. The predicted molar refractivity (Wildman–Crippen MR) is 91.4 cm³/mol. The molecule has 120 valence electrons. The molecule has 1 fully saturated rings. The lowest BCUT2D eigenvalue weighted by Crippen LogP contribution is -2.50. The van der Waals surface area contributed by atoms with Crippen molar-refractivity contribution in [1.82, 2.24) is 4.90 Å². The van der Waals surface area contributed by atoms with Gasteiger partial charge in [0.1, 0.15) is 5.41 Å². The Labute approximate surface area is 137 Å². The molecule has 0 aliphatic carbocycles. The highest BCUT2D eigenvalue weighted by Gasteiger charge is 2.43. The molecule has 2 aromatic rings. The maximum Gasteiger partial charge on any atom is 0.315 e. The van der Waals surface area contributed by atoms with Gasteiger partial charge in [0, 0.05) is 13.1 Å². The van der Waals surface area contributed by atoms with E-state index in [1.807, 2.05) is 49.4 Å². The molecule has 23 heavy (non-hydrogen) atoms. The normalized spacial score (nSPS) is 22.0. The number of hydrogen-bond donors (Lipinski definition) is 1. The highest BCUT2D eigenvalue weighted by atomic mass is 16.4. The van der Waals surface area contributed by atoms with Crippen molar-refractivity contribution >= 4 is 5.97 Å². The summed E-state index contributed by atoms with van der Waals surface area (Å²) in [6.45, 7) is 4.36. The van der Waals surface area contributed by atoms with Gasteiger partial charge in [-0.2, -0.15) is 0 Å². The molecule has 0 amide bonds. The van der Waals surface area contributed by atoms with Crippen LogP contribution in [0.2, 0.25) is 0 Å². The summed E-state index contributed by atoms with van der Waals surface area (Å²) in [6.07, 6.45) is 1.61. The number of hydrogen-bond acceptors (Lipinski definition) is 2. The van der Waals surface area contributed by atoms with E-state index in [2.05, 4.69) is 17.0 Å². The number of carboxylic acids is 1. The molecule has 1 aliphatic rings. The molecule has 1 aliphatic heterocycles. The van der Waals surface area contributed by atoms with Gasteiger partial charge in [-0.15, -0.1) is 0 Å². The van der Waals surface area contributed by atoms with E-state index < -0.39 is 11.4 Å². The Morgan fingerprint density at radius 3 is 2.48 bits per heavy atom. The Balaban J connectivity index is 1.85. The van der Waals surface area contributed by atoms with Crippen LogP contribution in [-0.2, 0) is 16.8 Å². The first kappa shape index (κ1) is 15.8. The molecule has 3 rings (SSSR count). The van der Waals surface area contributed by atoms with Gasteiger partial charge in [0.15, 0.2) is 0 Å². The van der Waals surface area contributed by atoms with Crippen molar-refractivity contribution < 1.29 is 9.90 Å². The Bertz CT molecular complexity index is 666. The molecule has 0 radical (unpaired) electrons. The standard InChI is InChI=1S/C20H23NO2/c1-16-8-10-18(11-9-16)20(19(22)23)12-5-13-21(15-20)14-17-6-3-2-4-7-17/h2-4,6-11H,5,12-15H2,1H3,(H,22,23)/t20-/m0/s1. The van der Waals surface area contributed by atoms with E-state index in [-0.39, 0.29) is 0 Å². The average molecular weight is 309 g/mol. The van der Waals surface area contributed by atoms with Gasteiger partial charge in [-0.3, -0.25) is 9.69 Å². The van der Waals surface area contributed by atoms with E-state index in [1.54, 1.807) is 0 Å². The maximum absolute atomic E-state index is 12.1. The second-order valence-corrected chi connectivity index (χ2v) is 6.55. The van der Waals surface area contributed by atoms with Crippen molar-refractivity contribution in [2.45, 2.75) is 31.7 Å². The van der Waals surface area contributed by atoms with Gasteiger partial charge < -0.3 is 5.11 Å². The molecule has 1 saturated heterocycles. The second kappa shape index (κ2) is 6.55. The fourth-order valence-electron chi connectivity index (χ4n) is 3.53. The van der Waals surface area contributed by atoms with E-state index in [9.17, 15) is 9.90 Å². The zero-order valence-electron chi connectivity index (χ0n) is 13.5. The summed E-state index contributed by atoms with van der Waals surface area (Å²) < 4.78 is 0. The minimum atomic E-state index is -0.791. The Morgan fingerprint density at radius 2 is 1.83 bits per heavy atom. The third kappa shape index (κ3) is 3.30. The first-order valence-electron chi connectivity index (χ1n) is 8.17. The molecule has 0 saturated carbocycles. The minimum absolute atomic E-state index is 0.570. The van der Waals surface area contributed by atoms with E-state index in [1.165, 1.54) is 5.56 Å². The molecule has 0 aromatic heterocycles. The van der Waals surface area contributed by atoms with E-state index in [0.717, 1.165) is 30.6 Å². The Kier molecular flexibility index (Phi) is 4.49. The number of rotatable bonds is 4. The zero-order chi connectivity index (χ0) is 16.3. The topological polar surface area (TPSA) is 40.5 Å². The molecule has 2 aromatic carbocycles. The molecule has 1 atom stereocenters. The largest absolute Gasteiger partial charge is 0.481 e. The lowest BCUT2D eigenvalue weighted by Gasteiger charge is -2.40. The fourth-order valence-corrected chi connectivity index (χ4v) is 3.53. The summed E-state index contributed by atoms with van der Waals surface area (Å²) in [5.41, 5.74) is 2.53. The number of nitrogens with zero attached hydrogens (tertiary/aromatic N) is 1. The first-order chi connectivity index (χ1) is 11.1. The van der Waals surface area contributed by atoms with Crippen LogP contribution in [0.3, 0.4) is 0 Å². The van der Waals surface area contributed by atoms with Crippen LogP contribution < -0.4 is 0 Å². The number of aryl methyl sites for hydroxylation is 1. The minimum Gasteiger partial charge on any atom is -0.481 e. The van der Waals surface area contributed by atoms with Gasteiger partial charge in [-0.1, -0.05) is 60.2 Å². The summed E-state index contributed by atoms with van der Waals surface area (Å²) in [4.78, 5) is 14.4. The van der Waals surface area contributed by atoms with Crippen LogP contribution in [0, 0.1) is 6.92 Å². The summed E-state index contributed by atoms with van der Waals surface area (Å²) in [7, 11) is 0. The number of carboxylic acid groups (broad SMARTS) is 1. The van der Waals surface area contributed by atoms with Crippen LogP contribution in [0.15, 0.2) is 54.6 Å². The maximum atomic E-state index is 12.1. The van der Waals surface area contributed by atoms with E-state index >= 15 is 0 Å². The third-order valence-corrected chi connectivity index (χ3v) is 4.83. The zero-order valence-corrected chi connectivity index (χ0v) is 13.5. The number of likely N-dealkylation sites (tertiary alicyclic amines) is 1. The van der Waals surface area contributed by atoms with E-state index in [0.29, 0.717) is 13.0 Å². The SMILES string of the molecule is Cc1ccc([C@]2(C(=O)O)CCCN(Cc3ccccc3)C2)cc1. The van der Waals surface area contributed by atoms with Crippen molar-refractivity contribution in [1.29, 1.82) is 0 Å². The summed E-state index contributed by atoms with van der Waals surface area (Å²) >= 11 is 0. The number of aliphatic carboxylic acids is 1. The van der Waals surface area contributed by atoms with Crippen molar-refractivity contribution in [3.63, 3.8) is 0 Å². The lowest BCUT2D eigenvalue weighted by atomic mass is 9.74. The van der Waals surface area contributed by atoms with Gasteiger partial charge in [-0.25, -0.2) is 0 Å². The highest BCUT2D eigenvalue weighted by molar-refractivity contribution is 5.82. The number of benzene rings is 2. The smallest absolute Gasteiger partial charge is 0.315 e. The molecular weight excluding hydrogens is 286 g/mol. The lowest BCUT2D eigenvalue weighted by molar-refractivity contribution is -0.146. The van der Waals surface area contributed by atoms with Gasteiger partial charge in [-0.05, 0) is 37.4 Å². The van der Waals surface area contributed by atoms with Crippen molar-refractivity contribution in [3.8, 4) is 0 Å². The molecule has 1 heterocycles. The molecule has 0 unspecified atom stereocenters. The average Bonchev–Trinajstić information content (AvgIpc) is 2.56. The Morgan fingerprint density at radius 1 is 1.13 bits per heavy atom.